The van der Waals surface area contributed by atoms with Crippen LogP contribution in [0.5, 0.6) is 11.5 Å². The molecule has 0 atom stereocenters. The van der Waals surface area contributed by atoms with Crippen molar-refractivity contribution in [3.05, 3.63) is 131 Å². The molecule has 0 aliphatic carbocycles. The van der Waals surface area contributed by atoms with Crippen molar-refractivity contribution >= 4 is 21.8 Å². The number of aromatic nitrogens is 4. The molecule has 3 heterocycles. The van der Waals surface area contributed by atoms with Crippen LogP contribution >= 0.6 is 0 Å². The molecule has 256 valence electrons. The first-order valence-corrected chi connectivity index (χ1v) is 17.2. The maximum Gasteiger partial charge on any atom is 2.00 e. The summed E-state index contributed by atoms with van der Waals surface area (Å²) in [4.78, 5) is 4.71. The molecule has 0 bridgehead atoms. The Morgan fingerprint density at radius 3 is 2.30 bits per heavy atom. The summed E-state index contributed by atoms with van der Waals surface area (Å²) in [6.45, 7) is 20.0. The van der Waals surface area contributed by atoms with Gasteiger partial charge in [-0.2, -0.15) is 17.2 Å². The van der Waals surface area contributed by atoms with E-state index < -0.39 is 0 Å². The largest absolute Gasteiger partial charge is 2.00 e. The minimum absolute atomic E-state index is 0. The Morgan fingerprint density at radius 1 is 0.800 bits per heavy atom. The van der Waals surface area contributed by atoms with Crippen molar-refractivity contribution < 1.29 is 25.2 Å². The molecule has 0 spiro atoms. The molecule has 0 aliphatic rings. The second kappa shape index (κ2) is 13.7. The van der Waals surface area contributed by atoms with E-state index in [1.807, 2.05) is 41.2 Å². The number of para-hydroxylation sites is 1. The number of fused-ring (bicyclic) bond motifs is 3. The molecule has 0 amide bonds. The first-order chi connectivity index (χ1) is 23.4. The van der Waals surface area contributed by atoms with Crippen molar-refractivity contribution in [2.45, 2.75) is 74.1 Å². The zero-order valence-corrected chi connectivity index (χ0v) is 31.9. The smallest absolute Gasteiger partial charge is 0.509 e. The molecule has 4 aromatic carbocycles. The van der Waals surface area contributed by atoms with Crippen molar-refractivity contribution in [2.24, 2.45) is 5.92 Å². The normalized spacial score (nSPS) is 11.8. The first kappa shape index (κ1) is 35.3. The third-order valence-electron chi connectivity index (χ3n) is 9.34. The Bertz CT molecular complexity index is 2360. The van der Waals surface area contributed by atoms with Gasteiger partial charge in [0, 0.05) is 34.5 Å². The maximum absolute atomic E-state index is 6.46. The van der Waals surface area contributed by atoms with Crippen LogP contribution in [0.25, 0.3) is 44.4 Å². The van der Waals surface area contributed by atoms with Crippen LogP contribution in [0.3, 0.4) is 0 Å². The first-order valence-electron chi connectivity index (χ1n) is 17.2. The number of ether oxygens (including phenoxy) is 1. The fraction of sp³-hybridized carbons (Fsp3) is 0.273. The molecule has 50 heavy (non-hydrogen) atoms. The summed E-state index contributed by atoms with van der Waals surface area (Å²) in [6.07, 6.45) is 2.86. The average Bonchev–Trinajstić information content (AvgIpc) is 3.53. The van der Waals surface area contributed by atoms with Crippen LogP contribution in [0.2, 0.25) is 0 Å². The number of rotatable bonds is 7. The van der Waals surface area contributed by atoms with Crippen LogP contribution in [0.4, 0.5) is 0 Å². The molecule has 0 aliphatic heterocycles. The van der Waals surface area contributed by atoms with E-state index in [9.17, 15) is 0 Å². The van der Waals surface area contributed by atoms with Crippen molar-refractivity contribution in [3.8, 4) is 34.1 Å². The summed E-state index contributed by atoms with van der Waals surface area (Å²) >= 11 is 0. The predicted octanol–water partition coefficient (Wildman–Crippen LogP) is 11.2. The van der Waals surface area contributed by atoms with E-state index in [1.54, 1.807) is 0 Å². The molecule has 3 aromatic heterocycles. The Labute approximate surface area is 310 Å². The van der Waals surface area contributed by atoms with Crippen LogP contribution < -0.4 is 4.74 Å². The average molecular weight is 751 g/mol. The SMILES string of the molecule is Cc1ccnc(-n2c3[c-]c(Oc4[c-]c(-n5nc(C)c(-c6c(C)cc(C(C)(C)C)cc6CC(C)C)c5C)ccc4)ccc3c3ccccc32)c1.[Pd+2]. The van der Waals surface area contributed by atoms with Crippen molar-refractivity contribution in [2.75, 3.05) is 0 Å². The molecule has 0 unspecified atom stereocenters. The molecule has 7 aromatic rings. The summed E-state index contributed by atoms with van der Waals surface area (Å²) in [7, 11) is 0. The van der Waals surface area contributed by atoms with Crippen molar-refractivity contribution in [1.82, 2.24) is 19.3 Å². The van der Waals surface area contributed by atoms with Gasteiger partial charge in [-0.15, -0.1) is 35.7 Å². The van der Waals surface area contributed by atoms with Gasteiger partial charge in [0.2, 0.25) is 0 Å². The minimum Gasteiger partial charge on any atom is -0.509 e. The quantitative estimate of drug-likeness (QED) is 0.120. The third-order valence-corrected chi connectivity index (χ3v) is 9.34. The molecule has 0 saturated carbocycles. The monoisotopic (exact) mass is 750 g/mol. The summed E-state index contributed by atoms with van der Waals surface area (Å²) in [5.41, 5.74) is 12.7. The van der Waals surface area contributed by atoms with Crippen LogP contribution in [-0.2, 0) is 32.3 Å². The Morgan fingerprint density at radius 2 is 1.56 bits per heavy atom. The van der Waals surface area contributed by atoms with E-state index in [0.717, 1.165) is 56.7 Å². The Balaban J connectivity index is 0.00000432. The van der Waals surface area contributed by atoms with Gasteiger partial charge in [0.15, 0.2) is 0 Å². The van der Waals surface area contributed by atoms with Gasteiger partial charge in [-0.1, -0.05) is 70.5 Å². The van der Waals surface area contributed by atoms with Crippen LogP contribution in [-0.4, -0.2) is 19.3 Å². The van der Waals surface area contributed by atoms with Gasteiger partial charge in [-0.05, 0) is 103 Å². The van der Waals surface area contributed by atoms with Crippen molar-refractivity contribution in [1.29, 1.82) is 0 Å². The van der Waals surface area contributed by atoms with E-state index >= 15 is 0 Å². The number of aryl methyl sites for hydroxylation is 3. The summed E-state index contributed by atoms with van der Waals surface area (Å²) in [5, 5.41) is 7.32. The summed E-state index contributed by atoms with van der Waals surface area (Å²) < 4.78 is 10.6. The van der Waals surface area contributed by atoms with Gasteiger partial charge >= 0.3 is 20.4 Å². The Kier molecular flexibility index (Phi) is 9.66. The van der Waals surface area contributed by atoms with Gasteiger partial charge in [0.05, 0.1) is 5.69 Å². The number of nitrogens with zero attached hydrogens (tertiary/aromatic N) is 4. The molecule has 0 radical (unpaired) electrons. The second-order valence-electron chi connectivity index (χ2n) is 14.8. The molecular weight excluding hydrogens is 707 g/mol. The van der Waals surface area contributed by atoms with Gasteiger partial charge in [0.1, 0.15) is 5.82 Å². The fourth-order valence-electron chi connectivity index (χ4n) is 7.04. The van der Waals surface area contributed by atoms with Crippen molar-refractivity contribution in [3.63, 3.8) is 0 Å². The van der Waals surface area contributed by atoms with Crippen LogP contribution in [0.15, 0.2) is 85.1 Å². The zero-order valence-electron chi connectivity index (χ0n) is 30.4. The van der Waals surface area contributed by atoms with E-state index in [2.05, 4.69) is 128 Å². The molecular formula is C44H44N4OPd. The van der Waals surface area contributed by atoms with Crippen LogP contribution in [0.1, 0.15) is 68.3 Å². The standard InChI is InChI=1S/C44H44N4O.Pd/c1-27(2)21-32-24-33(44(7,8)9)23-29(4)42(32)43-30(5)46-48(31(43)6)34-13-12-14-35(25-34)49-36-17-18-38-37-15-10-11-16-39(37)47(40(38)26-36)41-22-28(3)19-20-45-41;/h10-20,22-24,27H,21H2,1-9H3;/q-2;+2. The zero-order chi connectivity index (χ0) is 34.6. The predicted molar refractivity (Wildman–Crippen MR) is 202 cm³/mol. The van der Waals surface area contributed by atoms with E-state index in [4.69, 9.17) is 14.8 Å². The number of hydrogen-bond acceptors (Lipinski definition) is 3. The topological polar surface area (TPSA) is 44.9 Å². The van der Waals surface area contributed by atoms with Gasteiger partial charge in [-0.3, -0.25) is 4.68 Å². The molecule has 5 nitrogen and oxygen atoms in total. The second-order valence-corrected chi connectivity index (χ2v) is 14.8. The number of pyridine rings is 1. The van der Waals surface area contributed by atoms with E-state index in [1.165, 1.54) is 27.8 Å². The molecule has 7 rings (SSSR count). The molecule has 0 saturated heterocycles. The minimum atomic E-state index is 0. The molecule has 0 N–H and O–H groups in total. The summed E-state index contributed by atoms with van der Waals surface area (Å²) in [5.74, 6) is 2.61. The fourth-order valence-corrected chi connectivity index (χ4v) is 7.04. The van der Waals surface area contributed by atoms with Gasteiger partial charge in [-0.25, -0.2) is 4.98 Å². The van der Waals surface area contributed by atoms with E-state index in [-0.39, 0.29) is 25.8 Å². The Hall–Kier alpha value is -4.50. The summed E-state index contributed by atoms with van der Waals surface area (Å²) in [6, 6.07) is 34.4. The maximum atomic E-state index is 6.46. The third kappa shape index (κ3) is 6.55. The molecule has 6 heteroatoms. The number of benzene rings is 4. The van der Waals surface area contributed by atoms with E-state index in [0.29, 0.717) is 17.4 Å². The van der Waals surface area contributed by atoms with Gasteiger partial charge < -0.3 is 9.30 Å². The number of hydrogen-bond donors (Lipinski definition) is 0. The molecule has 0 fully saturated rings. The van der Waals surface area contributed by atoms with Crippen LogP contribution in [0, 0.1) is 45.7 Å². The van der Waals surface area contributed by atoms with Gasteiger partial charge in [0.25, 0.3) is 0 Å².